The van der Waals surface area contributed by atoms with Crippen LogP contribution in [0, 0.1) is 18.6 Å². The van der Waals surface area contributed by atoms with E-state index in [4.69, 9.17) is 0 Å². The highest BCUT2D eigenvalue weighted by Gasteiger charge is 2.14. The molecule has 0 unspecified atom stereocenters. The van der Waals surface area contributed by atoms with Crippen LogP contribution in [0.15, 0.2) is 55.0 Å². The molecule has 0 fully saturated rings. The first-order valence-electron chi connectivity index (χ1n) is 7.59. The quantitative estimate of drug-likeness (QED) is 0.611. The third kappa shape index (κ3) is 2.91. The number of benzene rings is 1. The van der Waals surface area contributed by atoms with Gasteiger partial charge in [0.25, 0.3) is 0 Å². The van der Waals surface area contributed by atoms with Gasteiger partial charge in [-0.15, -0.1) is 0 Å². The Balaban J connectivity index is 1.76. The van der Waals surface area contributed by atoms with E-state index in [1.54, 1.807) is 35.0 Å². The number of anilines is 2. The second-order valence-corrected chi connectivity index (χ2v) is 5.54. The van der Waals surface area contributed by atoms with Gasteiger partial charge < -0.3 is 5.32 Å². The molecule has 5 nitrogen and oxygen atoms in total. The highest BCUT2D eigenvalue weighted by Crippen LogP contribution is 2.25. The fourth-order valence-electron chi connectivity index (χ4n) is 2.67. The standard InChI is InChI=1S/C18H13F2N5/c1-11-18(25-10-13(20)4-7-17(25)22-11)15-8-21-9-16(24-15)23-14-5-2-12(19)3-6-14/h2-10H,1H3,(H,23,24). The smallest absolute Gasteiger partial charge is 0.149 e. The number of aromatic nitrogens is 4. The summed E-state index contributed by atoms with van der Waals surface area (Å²) >= 11 is 0. The maximum atomic E-state index is 13.6. The summed E-state index contributed by atoms with van der Waals surface area (Å²) in [7, 11) is 0. The number of pyridine rings is 1. The summed E-state index contributed by atoms with van der Waals surface area (Å²) in [6.45, 7) is 1.84. The van der Waals surface area contributed by atoms with Crippen molar-refractivity contribution >= 4 is 17.2 Å². The molecule has 0 aliphatic rings. The van der Waals surface area contributed by atoms with Gasteiger partial charge in [0.2, 0.25) is 0 Å². The van der Waals surface area contributed by atoms with Gasteiger partial charge in [0, 0.05) is 11.9 Å². The summed E-state index contributed by atoms with van der Waals surface area (Å²) in [5.74, 6) is -0.177. The molecule has 0 aliphatic carbocycles. The molecule has 0 atom stereocenters. The average Bonchev–Trinajstić information content (AvgIpc) is 2.92. The Morgan fingerprint density at radius 2 is 1.68 bits per heavy atom. The Morgan fingerprint density at radius 1 is 0.920 bits per heavy atom. The van der Waals surface area contributed by atoms with Crippen molar-refractivity contribution in [3.05, 3.63) is 72.3 Å². The number of imidazole rings is 1. The van der Waals surface area contributed by atoms with Crippen molar-refractivity contribution in [2.24, 2.45) is 0 Å². The average molecular weight is 337 g/mol. The molecule has 4 aromatic rings. The molecule has 1 aromatic carbocycles. The Kier molecular flexibility index (Phi) is 3.61. The van der Waals surface area contributed by atoms with Crippen LogP contribution in [-0.2, 0) is 0 Å². The molecule has 25 heavy (non-hydrogen) atoms. The number of nitrogens with zero attached hydrogens (tertiary/aromatic N) is 4. The first kappa shape index (κ1) is 15.2. The molecule has 0 bridgehead atoms. The number of rotatable bonds is 3. The maximum Gasteiger partial charge on any atom is 0.149 e. The van der Waals surface area contributed by atoms with Gasteiger partial charge in [-0.3, -0.25) is 9.38 Å². The minimum absolute atomic E-state index is 0.311. The molecule has 3 heterocycles. The van der Waals surface area contributed by atoms with E-state index >= 15 is 0 Å². The summed E-state index contributed by atoms with van der Waals surface area (Å²) in [6.07, 6.45) is 4.52. The molecular formula is C18H13F2N5. The van der Waals surface area contributed by atoms with Gasteiger partial charge in [-0.1, -0.05) is 0 Å². The number of hydrogen-bond donors (Lipinski definition) is 1. The highest BCUT2D eigenvalue weighted by atomic mass is 19.1. The zero-order valence-corrected chi connectivity index (χ0v) is 13.2. The second kappa shape index (κ2) is 5.94. The van der Waals surface area contributed by atoms with E-state index in [0.29, 0.717) is 28.5 Å². The maximum absolute atomic E-state index is 13.6. The van der Waals surface area contributed by atoms with Crippen LogP contribution >= 0.6 is 0 Å². The van der Waals surface area contributed by atoms with Crippen molar-refractivity contribution in [1.82, 2.24) is 19.4 Å². The molecule has 0 saturated heterocycles. The lowest BCUT2D eigenvalue weighted by molar-refractivity contribution is 0.619. The van der Waals surface area contributed by atoms with E-state index in [9.17, 15) is 8.78 Å². The van der Waals surface area contributed by atoms with E-state index < -0.39 is 0 Å². The molecule has 4 rings (SSSR count). The summed E-state index contributed by atoms with van der Waals surface area (Å²) in [4.78, 5) is 13.1. The van der Waals surface area contributed by atoms with Gasteiger partial charge >= 0.3 is 0 Å². The molecule has 0 radical (unpaired) electrons. The highest BCUT2D eigenvalue weighted by molar-refractivity contribution is 5.65. The van der Waals surface area contributed by atoms with Gasteiger partial charge in [-0.25, -0.2) is 18.7 Å². The van der Waals surface area contributed by atoms with Crippen molar-refractivity contribution in [3.63, 3.8) is 0 Å². The molecular weight excluding hydrogens is 324 g/mol. The molecule has 0 amide bonds. The van der Waals surface area contributed by atoms with Crippen LogP contribution < -0.4 is 5.32 Å². The van der Waals surface area contributed by atoms with Crippen molar-refractivity contribution in [2.75, 3.05) is 5.32 Å². The lowest BCUT2D eigenvalue weighted by atomic mass is 10.2. The minimum Gasteiger partial charge on any atom is -0.339 e. The molecule has 7 heteroatoms. The summed E-state index contributed by atoms with van der Waals surface area (Å²) in [5, 5.41) is 3.07. The van der Waals surface area contributed by atoms with Crippen LogP contribution in [0.2, 0.25) is 0 Å². The largest absolute Gasteiger partial charge is 0.339 e. The molecule has 0 spiro atoms. The van der Waals surface area contributed by atoms with Crippen LogP contribution in [0.3, 0.4) is 0 Å². The van der Waals surface area contributed by atoms with Gasteiger partial charge in [-0.2, -0.15) is 0 Å². The lowest BCUT2D eigenvalue weighted by Gasteiger charge is -2.08. The van der Waals surface area contributed by atoms with E-state index in [1.165, 1.54) is 24.4 Å². The van der Waals surface area contributed by atoms with E-state index in [0.717, 1.165) is 5.69 Å². The fraction of sp³-hybridized carbons (Fsp3) is 0.0556. The number of halogens is 2. The Labute approximate surface area is 142 Å². The Morgan fingerprint density at radius 3 is 2.48 bits per heavy atom. The molecule has 124 valence electrons. The zero-order chi connectivity index (χ0) is 17.4. The molecule has 0 saturated carbocycles. The van der Waals surface area contributed by atoms with Crippen molar-refractivity contribution in [2.45, 2.75) is 6.92 Å². The van der Waals surface area contributed by atoms with Crippen LogP contribution in [0.4, 0.5) is 20.3 Å². The third-order valence-electron chi connectivity index (χ3n) is 3.75. The number of fused-ring (bicyclic) bond motifs is 1. The molecule has 0 aliphatic heterocycles. The predicted octanol–water partition coefficient (Wildman–Crippen LogP) is 4.12. The topological polar surface area (TPSA) is 55.1 Å². The van der Waals surface area contributed by atoms with Crippen molar-refractivity contribution in [3.8, 4) is 11.4 Å². The monoisotopic (exact) mass is 337 g/mol. The summed E-state index contributed by atoms with van der Waals surface area (Å²) in [6, 6.07) is 8.91. The lowest BCUT2D eigenvalue weighted by Crippen LogP contribution is -1.99. The summed E-state index contributed by atoms with van der Waals surface area (Å²) in [5.41, 5.74) is 3.27. The Hall–Kier alpha value is -3.35. The normalized spacial score (nSPS) is 11.0. The van der Waals surface area contributed by atoms with Gasteiger partial charge in [0.15, 0.2) is 0 Å². The first-order valence-corrected chi connectivity index (χ1v) is 7.59. The number of nitrogens with one attached hydrogen (secondary N) is 1. The number of hydrogen-bond acceptors (Lipinski definition) is 4. The van der Waals surface area contributed by atoms with E-state index in [-0.39, 0.29) is 11.6 Å². The Bertz CT molecular complexity index is 1060. The van der Waals surface area contributed by atoms with Gasteiger partial charge in [0.05, 0.1) is 23.8 Å². The minimum atomic E-state index is -0.361. The third-order valence-corrected chi connectivity index (χ3v) is 3.75. The first-order chi connectivity index (χ1) is 12.1. The van der Waals surface area contributed by atoms with Gasteiger partial charge in [0.1, 0.15) is 28.8 Å². The summed E-state index contributed by atoms with van der Waals surface area (Å²) < 4.78 is 28.3. The predicted molar refractivity (Wildman–Crippen MR) is 90.6 cm³/mol. The van der Waals surface area contributed by atoms with Crippen LogP contribution in [0.5, 0.6) is 0 Å². The SMILES string of the molecule is Cc1nc2ccc(F)cn2c1-c1cncc(Nc2ccc(F)cc2)n1. The zero-order valence-electron chi connectivity index (χ0n) is 13.2. The van der Waals surface area contributed by atoms with Gasteiger partial charge in [-0.05, 0) is 43.3 Å². The second-order valence-electron chi connectivity index (χ2n) is 5.54. The van der Waals surface area contributed by atoms with Crippen LogP contribution in [0.25, 0.3) is 17.0 Å². The van der Waals surface area contributed by atoms with Crippen molar-refractivity contribution < 1.29 is 8.78 Å². The fourth-order valence-corrected chi connectivity index (χ4v) is 2.67. The number of aryl methyl sites for hydroxylation is 1. The van der Waals surface area contributed by atoms with Crippen LogP contribution in [-0.4, -0.2) is 19.4 Å². The van der Waals surface area contributed by atoms with Crippen LogP contribution in [0.1, 0.15) is 5.69 Å². The van der Waals surface area contributed by atoms with E-state index in [2.05, 4.69) is 20.3 Å². The van der Waals surface area contributed by atoms with E-state index in [1.807, 2.05) is 6.92 Å². The molecule has 1 N–H and O–H groups in total. The van der Waals surface area contributed by atoms with Crippen molar-refractivity contribution in [1.29, 1.82) is 0 Å². The molecule has 3 aromatic heterocycles.